The van der Waals surface area contributed by atoms with E-state index in [-0.39, 0.29) is 11.5 Å². The number of amides is 1. The van der Waals surface area contributed by atoms with E-state index in [0.29, 0.717) is 40.7 Å². The Morgan fingerprint density at radius 3 is 2.74 bits per heavy atom. The van der Waals surface area contributed by atoms with Crippen molar-refractivity contribution >= 4 is 16.8 Å². The van der Waals surface area contributed by atoms with Crippen LogP contribution >= 0.6 is 0 Å². The molecule has 3 heterocycles. The molecule has 0 radical (unpaired) electrons. The fourth-order valence-corrected chi connectivity index (χ4v) is 5.25. The van der Waals surface area contributed by atoms with Gasteiger partial charge in [0.05, 0.1) is 22.2 Å². The number of nitrogens with one attached hydrogen (secondary N) is 1. The first-order chi connectivity index (χ1) is 15.2. The number of carbonyl (C=O) groups excluding carboxylic acids is 1. The van der Waals surface area contributed by atoms with Crippen LogP contribution in [-0.2, 0) is 0 Å². The summed E-state index contributed by atoms with van der Waals surface area (Å²) in [6.45, 7) is 3.06. The summed E-state index contributed by atoms with van der Waals surface area (Å²) in [4.78, 5) is 33.2. The number of hydrogen-bond donors (Lipinski definition) is 1. The van der Waals surface area contributed by atoms with Gasteiger partial charge in [-0.3, -0.25) is 14.2 Å². The van der Waals surface area contributed by atoms with E-state index in [1.165, 1.54) is 49.7 Å². The maximum atomic E-state index is 13.2. The summed E-state index contributed by atoms with van der Waals surface area (Å²) in [6, 6.07) is 15.1. The van der Waals surface area contributed by atoms with Gasteiger partial charge < -0.3 is 10.2 Å². The molecule has 0 saturated carbocycles. The van der Waals surface area contributed by atoms with E-state index in [9.17, 15) is 9.59 Å². The lowest BCUT2D eigenvalue weighted by Gasteiger charge is -2.44. The van der Waals surface area contributed by atoms with Crippen molar-refractivity contribution in [2.24, 2.45) is 5.92 Å². The van der Waals surface area contributed by atoms with Crippen LogP contribution in [0.15, 0.2) is 59.7 Å². The van der Waals surface area contributed by atoms with Crippen LogP contribution < -0.4 is 10.9 Å². The van der Waals surface area contributed by atoms with Gasteiger partial charge in [0.2, 0.25) is 0 Å². The van der Waals surface area contributed by atoms with Gasteiger partial charge in [-0.05, 0) is 69.0 Å². The quantitative estimate of drug-likeness (QED) is 0.708. The van der Waals surface area contributed by atoms with Crippen LogP contribution in [0.1, 0.15) is 42.5 Å². The fraction of sp³-hybridized carbons (Fsp3) is 0.400. The highest BCUT2D eigenvalue weighted by Gasteiger charge is 2.33. The molecule has 6 heteroatoms. The molecular weight excluding hydrogens is 388 g/mol. The summed E-state index contributed by atoms with van der Waals surface area (Å²) in [5, 5.41) is 3.71. The minimum Gasteiger partial charge on any atom is -0.352 e. The maximum absolute atomic E-state index is 13.2. The average Bonchev–Trinajstić information content (AvgIpc) is 2.83. The van der Waals surface area contributed by atoms with Crippen molar-refractivity contribution in [1.82, 2.24) is 19.8 Å². The topological polar surface area (TPSA) is 67.2 Å². The second-order valence-corrected chi connectivity index (χ2v) is 8.67. The SMILES string of the molecule is O=C(NC[C@@H]1CCCN2CCCC[C@@H]12)c1ccccc1-n1cnc2ccccc2c1=O. The lowest BCUT2D eigenvalue weighted by atomic mass is 9.83. The largest absolute Gasteiger partial charge is 0.352 e. The van der Waals surface area contributed by atoms with Gasteiger partial charge in [0.15, 0.2) is 0 Å². The number of aromatic nitrogens is 2. The van der Waals surface area contributed by atoms with Crippen molar-refractivity contribution in [3.05, 3.63) is 70.8 Å². The van der Waals surface area contributed by atoms with Crippen molar-refractivity contribution in [3.63, 3.8) is 0 Å². The Bertz CT molecular complexity index is 1150. The van der Waals surface area contributed by atoms with Gasteiger partial charge in [0.1, 0.15) is 6.33 Å². The standard InChI is InChI=1S/C25H28N4O2/c30-24(26-16-18-8-7-15-28-14-6-5-12-22(18)28)20-10-2-4-13-23(20)29-17-27-21-11-3-1-9-19(21)25(29)31/h1-4,9-11,13,17-18,22H,5-8,12,14-16H2,(H,26,30)/t18-,22-/m0/s1. The van der Waals surface area contributed by atoms with Crippen molar-refractivity contribution in [2.75, 3.05) is 19.6 Å². The third-order valence-corrected chi connectivity index (χ3v) is 6.83. The minimum atomic E-state index is -0.170. The van der Waals surface area contributed by atoms with Crippen molar-refractivity contribution in [3.8, 4) is 5.69 Å². The average molecular weight is 417 g/mol. The zero-order valence-electron chi connectivity index (χ0n) is 17.7. The molecule has 2 fully saturated rings. The highest BCUT2D eigenvalue weighted by Crippen LogP contribution is 2.30. The van der Waals surface area contributed by atoms with Crippen LogP contribution in [0.5, 0.6) is 0 Å². The number of rotatable bonds is 4. The Labute approximate surface area is 181 Å². The molecule has 160 valence electrons. The molecule has 1 N–H and O–H groups in total. The fourth-order valence-electron chi connectivity index (χ4n) is 5.25. The van der Waals surface area contributed by atoms with Gasteiger partial charge in [0.25, 0.3) is 11.5 Å². The summed E-state index contributed by atoms with van der Waals surface area (Å²) in [5.74, 6) is 0.360. The molecule has 1 aromatic heterocycles. The minimum absolute atomic E-state index is 0.136. The zero-order valence-corrected chi connectivity index (χ0v) is 17.7. The van der Waals surface area contributed by atoms with E-state index in [4.69, 9.17) is 0 Å². The summed E-state index contributed by atoms with van der Waals surface area (Å²) < 4.78 is 1.47. The normalized spacial score (nSPS) is 21.5. The summed E-state index contributed by atoms with van der Waals surface area (Å²) in [6.07, 6.45) is 7.68. The molecule has 2 atom stereocenters. The molecule has 6 nitrogen and oxygen atoms in total. The number of nitrogens with zero attached hydrogens (tertiary/aromatic N) is 3. The van der Waals surface area contributed by atoms with Crippen molar-refractivity contribution < 1.29 is 4.79 Å². The Kier molecular flexibility index (Phi) is 5.55. The first-order valence-corrected chi connectivity index (χ1v) is 11.3. The van der Waals surface area contributed by atoms with Crippen LogP contribution in [0.4, 0.5) is 0 Å². The number of fused-ring (bicyclic) bond motifs is 2. The molecule has 2 aliphatic rings. The maximum Gasteiger partial charge on any atom is 0.265 e. The summed E-state index contributed by atoms with van der Waals surface area (Å²) in [5.41, 5.74) is 1.54. The van der Waals surface area contributed by atoms with E-state index in [0.717, 1.165) is 6.42 Å². The molecule has 2 saturated heterocycles. The Balaban J connectivity index is 1.39. The van der Waals surface area contributed by atoms with Gasteiger partial charge in [-0.25, -0.2) is 4.98 Å². The number of benzene rings is 2. The van der Waals surface area contributed by atoms with E-state index in [1.54, 1.807) is 18.2 Å². The van der Waals surface area contributed by atoms with Crippen molar-refractivity contribution in [2.45, 2.75) is 38.1 Å². The molecule has 5 rings (SSSR count). The number of hydrogen-bond acceptors (Lipinski definition) is 4. The van der Waals surface area contributed by atoms with E-state index < -0.39 is 0 Å². The first-order valence-electron chi connectivity index (χ1n) is 11.3. The monoisotopic (exact) mass is 416 g/mol. The Morgan fingerprint density at radius 1 is 1.00 bits per heavy atom. The number of carbonyl (C=O) groups is 1. The van der Waals surface area contributed by atoms with E-state index in [2.05, 4.69) is 15.2 Å². The smallest absolute Gasteiger partial charge is 0.265 e. The summed E-state index contributed by atoms with van der Waals surface area (Å²) in [7, 11) is 0. The van der Waals surface area contributed by atoms with Crippen LogP contribution in [0.3, 0.4) is 0 Å². The van der Waals surface area contributed by atoms with Crippen LogP contribution in [0.25, 0.3) is 16.6 Å². The molecule has 0 spiro atoms. The van der Waals surface area contributed by atoms with Crippen molar-refractivity contribution in [1.29, 1.82) is 0 Å². The third kappa shape index (κ3) is 3.88. The zero-order chi connectivity index (χ0) is 21.2. The second kappa shape index (κ2) is 8.63. The number of para-hydroxylation sites is 2. The predicted molar refractivity (Wildman–Crippen MR) is 122 cm³/mol. The highest BCUT2D eigenvalue weighted by atomic mass is 16.2. The third-order valence-electron chi connectivity index (χ3n) is 6.83. The van der Waals surface area contributed by atoms with Crippen LogP contribution in [0.2, 0.25) is 0 Å². The molecule has 2 aliphatic heterocycles. The van der Waals surface area contributed by atoms with Gasteiger partial charge in [0, 0.05) is 12.6 Å². The molecular formula is C25H28N4O2. The van der Waals surface area contributed by atoms with E-state index in [1.807, 2.05) is 30.3 Å². The molecule has 1 amide bonds. The Morgan fingerprint density at radius 2 is 1.81 bits per heavy atom. The molecule has 0 aliphatic carbocycles. The lowest BCUT2D eigenvalue weighted by molar-refractivity contribution is 0.0575. The first kappa shape index (κ1) is 19.9. The Hall–Kier alpha value is -2.99. The predicted octanol–water partition coefficient (Wildman–Crippen LogP) is 3.38. The van der Waals surface area contributed by atoms with Gasteiger partial charge in [-0.1, -0.05) is 30.7 Å². The van der Waals surface area contributed by atoms with Gasteiger partial charge in [-0.2, -0.15) is 0 Å². The van der Waals surface area contributed by atoms with Gasteiger partial charge >= 0.3 is 0 Å². The van der Waals surface area contributed by atoms with Crippen LogP contribution in [-0.4, -0.2) is 46.0 Å². The van der Waals surface area contributed by atoms with E-state index >= 15 is 0 Å². The highest BCUT2D eigenvalue weighted by molar-refractivity contribution is 5.97. The molecule has 0 bridgehead atoms. The molecule has 3 aromatic rings. The lowest BCUT2D eigenvalue weighted by Crippen LogP contribution is -2.51. The van der Waals surface area contributed by atoms with Gasteiger partial charge in [-0.15, -0.1) is 0 Å². The molecule has 31 heavy (non-hydrogen) atoms. The molecule has 2 aromatic carbocycles. The van der Waals surface area contributed by atoms with Crippen LogP contribution in [0, 0.1) is 5.92 Å². The second-order valence-electron chi connectivity index (χ2n) is 8.67. The molecule has 0 unspecified atom stereocenters. The number of piperidine rings is 2. The summed E-state index contributed by atoms with van der Waals surface area (Å²) >= 11 is 0.